The molecule has 2 N–H and O–H groups in total. The number of hydrogen-bond acceptors (Lipinski definition) is 2. The first kappa shape index (κ1) is 19.0. The Labute approximate surface area is 154 Å². The molecule has 2 aliphatic rings. The fraction of sp³-hybridized carbons (Fsp3) is 0.556. The van der Waals surface area contributed by atoms with Crippen molar-refractivity contribution in [3.05, 3.63) is 28.8 Å². The number of carbonyl (C=O) groups is 2. The van der Waals surface area contributed by atoms with Crippen LogP contribution in [0.1, 0.15) is 44.1 Å². The predicted molar refractivity (Wildman–Crippen MR) is 91.7 cm³/mol. The third kappa shape index (κ3) is 4.69. The molecule has 2 fully saturated rings. The van der Waals surface area contributed by atoms with Crippen LogP contribution in [0.15, 0.2) is 18.2 Å². The van der Waals surface area contributed by atoms with E-state index >= 15 is 0 Å². The van der Waals surface area contributed by atoms with Crippen LogP contribution in [-0.4, -0.2) is 17.9 Å². The number of amides is 2. The maximum atomic E-state index is 12.8. The summed E-state index contributed by atoms with van der Waals surface area (Å²) in [7, 11) is 0. The average Bonchev–Trinajstić information content (AvgIpc) is 3.40. The van der Waals surface area contributed by atoms with Crippen molar-refractivity contribution in [2.75, 3.05) is 5.32 Å². The number of rotatable bonds is 4. The van der Waals surface area contributed by atoms with Crippen LogP contribution in [0.5, 0.6) is 0 Å². The molecule has 0 bridgehead atoms. The lowest BCUT2D eigenvalue weighted by atomic mass is 9.81. The molecule has 0 aromatic heterocycles. The Morgan fingerprint density at radius 1 is 0.962 bits per heavy atom. The largest absolute Gasteiger partial charge is 0.416 e. The van der Waals surface area contributed by atoms with E-state index in [0.717, 1.165) is 31.0 Å². The van der Waals surface area contributed by atoms with Crippen LogP contribution >= 0.6 is 11.6 Å². The van der Waals surface area contributed by atoms with Gasteiger partial charge < -0.3 is 10.6 Å². The summed E-state index contributed by atoms with van der Waals surface area (Å²) in [5.41, 5.74) is -0.905. The lowest BCUT2D eigenvalue weighted by Gasteiger charge is -2.27. The summed E-state index contributed by atoms with van der Waals surface area (Å²) >= 11 is 5.91. The highest BCUT2D eigenvalue weighted by atomic mass is 35.5. The molecule has 2 amide bonds. The van der Waals surface area contributed by atoms with Crippen molar-refractivity contribution >= 4 is 29.1 Å². The molecule has 2 saturated carbocycles. The first-order valence-electron chi connectivity index (χ1n) is 8.72. The summed E-state index contributed by atoms with van der Waals surface area (Å²) < 4.78 is 38.4. The SMILES string of the molecule is O=C(Nc1cc(C(F)(F)F)ccc1Cl)C1CCC(C(=O)NC2CC2)CC1. The van der Waals surface area contributed by atoms with Gasteiger partial charge >= 0.3 is 6.18 Å². The molecule has 0 saturated heterocycles. The second-order valence-electron chi connectivity index (χ2n) is 7.01. The molecule has 0 atom stereocenters. The number of anilines is 1. The van der Waals surface area contributed by atoms with E-state index in [0.29, 0.717) is 31.7 Å². The van der Waals surface area contributed by atoms with Gasteiger partial charge in [-0.05, 0) is 56.7 Å². The zero-order chi connectivity index (χ0) is 18.9. The van der Waals surface area contributed by atoms with E-state index in [1.807, 2.05) is 0 Å². The topological polar surface area (TPSA) is 58.2 Å². The summed E-state index contributed by atoms with van der Waals surface area (Å²) in [6.07, 6.45) is -0.171. The first-order chi connectivity index (χ1) is 12.2. The summed E-state index contributed by atoms with van der Waals surface area (Å²) in [4.78, 5) is 24.4. The van der Waals surface area contributed by atoms with Gasteiger partial charge in [0.1, 0.15) is 0 Å². The van der Waals surface area contributed by atoms with E-state index in [2.05, 4.69) is 10.6 Å². The molecule has 1 aromatic rings. The Balaban J connectivity index is 1.56. The smallest absolute Gasteiger partial charge is 0.353 e. The molecule has 0 unspecified atom stereocenters. The van der Waals surface area contributed by atoms with Crippen molar-refractivity contribution in [2.24, 2.45) is 11.8 Å². The van der Waals surface area contributed by atoms with Crippen molar-refractivity contribution in [2.45, 2.75) is 50.7 Å². The van der Waals surface area contributed by atoms with E-state index in [4.69, 9.17) is 11.6 Å². The molecule has 0 radical (unpaired) electrons. The van der Waals surface area contributed by atoms with E-state index in [1.165, 1.54) is 0 Å². The van der Waals surface area contributed by atoms with Crippen LogP contribution in [0, 0.1) is 11.8 Å². The molecule has 0 heterocycles. The third-order valence-electron chi connectivity index (χ3n) is 4.94. The molecule has 0 aliphatic heterocycles. The fourth-order valence-corrected chi connectivity index (χ4v) is 3.36. The second-order valence-corrected chi connectivity index (χ2v) is 7.42. The second kappa shape index (κ2) is 7.47. The van der Waals surface area contributed by atoms with E-state index in [-0.39, 0.29) is 34.4 Å². The van der Waals surface area contributed by atoms with Crippen LogP contribution in [0.2, 0.25) is 5.02 Å². The highest BCUT2D eigenvalue weighted by molar-refractivity contribution is 6.33. The number of carbonyl (C=O) groups excluding carboxylic acids is 2. The van der Waals surface area contributed by atoms with Gasteiger partial charge in [-0.15, -0.1) is 0 Å². The van der Waals surface area contributed by atoms with Crippen molar-refractivity contribution in [3.63, 3.8) is 0 Å². The van der Waals surface area contributed by atoms with Gasteiger partial charge in [0.15, 0.2) is 0 Å². The van der Waals surface area contributed by atoms with Crippen molar-refractivity contribution in [3.8, 4) is 0 Å². The highest BCUT2D eigenvalue weighted by Crippen LogP contribution is 2.35. The van der Waals surface area contributed by atoms with Gasteiger partial charge in [-0.1, -0.05) is 11.6 Å². The molecule has 4 nitrogen and oxygen atoms in total. The molecule has 2 aliphatic carbocycles. The Kier molecular flexibility index (Phi) is 5.46. The normalized spacial score (nSPS) is 23.4. The zero-order valence-electron chi connectivity index (χ0n) is 14.0. The maximum absolute atomic E-state index is 12.8. The third-order valence-corrected chi connectivity index (χ3v) is 5.27. The van der Waals surface area contributed by atoms with Crippen molar-refractivity contribution in [1.29, 1.82) is 0 Å². The Bertz CT molecular complexity index is 696. The summed E-state index contributed by atoms with van der Waals surface area (Å²) in [6, 6.07) is 3.15. The van der Waals surface area contributed by atoms with Crippen LogP contribution in [0.4, 0.5) is 18.9 Å². The summed E-state index contributed by atoms with van der Waals surface area (Å²) in [6.45, 7) is 0. The minimum Gasteiger partial charge on any atom is -0.353 e. The summed E-state index contributed by atoms with van der Waals surface area (Å²) in [5, 5.41) is 5.54. The van der Waals surface area contributed by atoms with Gasteiger partial charge in [-0.25, -0.2) is 0 Å². The Hall–Kier alpha value is -1.76. The molecule has 142 valence electrons. The molecule has 1 aromatic carbocycles. The van der Waals surface area contributed by atoms with E-state index < -0.39 is 11.7 Å². The monoisotopic (exact) mass is 388 g/mol. The number of halogens is 4. The van der Waals surface area contributed by atoms with Gasteiger partial charge in [0, 0.05) is 17.9 Å². The molecular weight excluding hydrogens is 369 g/mol. The Morgan fingerprint density at radius 3 is 2.08 bits per heavy atom. The fourth-order valence-electron chi connectivity index (χ4n) is 3.20. The van der Waals surface area contributed by atoms with E-state index in [9.17, 15) is 22.8 Å². The van der Waals surface area contributed by atoms with E-state index in [1.54, 1.807) is 0 Å². The van der Waals surface area contributed by atoms with Gasteiger partial charge in [-0.3, -0.25) is 9.59 Å². The van der Waals surface area contributed by atoms with Crippen LogP contribution in [0.25, 0.3) is 0 Å². The van der Waals surface area contributed by atoms with Crippen LogP contribution in [-0.2, 0) is 15.8 Å². The lowest BCUT2D eigenvalue weighted by Crippen LogP contribution is -2.36. The summed E-state index contributed by atoms with van der Waals surface area (Å²) in [5.74, 6) is -0.720. The van der Waals surface area contributed by atoms with Gasteiger partial charge in [0.05, 0.1) is 16.3 Å². The molecule has 0 spiro atoms. The number of alkyl halides is 3. The number of hydrogen-bond donors (Lipinski definition) is 2. The lowest BCUT2D eigenvalue weighted by molar-refractivity contribution is -0.137. The quantitative estimate of drug-likeness (QED) is 0.804. The zero-order valence-corrected chi connectivity index (χ0v) is 14.8. The van der Waals surface area contributed by atoms with Gasteiger partial charge in [-0.2, -0.15) is 13.2 Å². The molecule has 8 heteroatoms. The van der Waals surface area contributed by atoms with Crippen LogP contribution < -0.4 is 10.6 Å². The standard InChI is InChI=1S/C18H20ClF3N2O2/c19-14-8-5-12(18(20,21)22)9-15(14)24-17(26)11-3-1-10(2-4-11)16(25)23-13-6-7-13/h5,8-11,13H,1-4,6-7H2,(H,23,25)(H,24,26). The first-order valence-corrected chi connectivity index (χ1v) is 9.10. The average molecular weight is 389 g/mol. The predicted octanol–water partition coefficient (Wildman–Crippen LogP) is 4.38. The highest BCUT2D eigenvalue weighted by Gasteiger charge is 2.34. The minimum atomic E-state index is -4.50. The number of nitrogens with one attached hydrogen (secondary N) is 2. The Morgan fingerprint density at radius 2 is 1.54 bits per heavy atom. The van der Waals surface area contributed by atoms with Crippen LogP contribution in [0.3, 0.4) is 0 Å². The number of benzene rings is 1. The molecule has 3 rings (SSSR count). The minimum absolute atomic E-state index is 0.0416. The maximum Gasteiger partial charge on any atom is 0.416 e. The molecular formula is C18H20ClF3N2O2. The van der Waals surface area contributed by atoms with Gasteiger partial charge in [0.25, 0.3) is 0 Å². The van der Waals surface area contributed by atoms with Crippen molar-refractivity contribution in [1.82, 2.24) is 5.32 Å². The molecule has 26 heavy (non-hydrogen) atoms. The van der Waals surface area contributed by atoms with Gasteiger partial charge in [0.2, 0.25) is 11.8 Å². The van der Waals surface area contributed by atoms with Crippen molar-refractivity contribution < 1.29 is 22.8 Å².